The smallest absolute Gasteiger partial charge is 0.245 e. The molecule has 0 radical (unpaired) electrons. The van der Waals surface area contributed by atoms with Gasteiger partial charge in [-0.15, -0.1) is 10.2 Å². The fourth-order valence-electron chi connectivity index (χ4n) is 3.22. The Morgan fingerprint density at radius 2 is 2.08 bits per heavy atom. The molecule has 0 amide bonds. The van der Waals surface area contributed by atoms with Crippen molar-refractivity contribution >= 4 is 5.95 Å². The van der Waals surface area contributed by atoms with E-state index >= 15 is 0 Å². The number of aromatic nitrogens is 5. The van der Waals surface area contributed by atoms with E-state index in [-0.39, 0.29) is 5.75 Å². The van der Waals surface area contributed by atoms with Crippen LogP contribution in [0.1, 0.15) is 6.42 Å². The van der Waals surface area contributed by atoms with Crippen molar-refractivity contribution in [3.63, 3.8) is 0 Å². The van der Waals surface area contributed by atoms with E-state index < -0.39 is 0 Å². The molecule has 2 aromatic heterocycles. The molecule has 26 heavy (non-hydrogen) atoms. The second-order valence-corrected chi connectivity index (χ2v) is 6.71. The SMILES string of the molecule is CN(C)C1CCN(c2ncc(-c3ccc(-c4cn[nH]c4)cc3O)nn2)C1. The average molecular weight is 351 g/mol. The number of rotatable bonds is 4. The quantitative estimate of drug-likeness (QED) is 0.740. The summed E-state index contributed by atoms with van der Waals surface area (Å²) in [5.41, 5.74) is 2.95. The predicted octanol–water partition coefficient (Wildman–Crippen LogP) is 1.77. The van der Waals surface area contributed by atoms with E-state index in [0.29, 0.717) is 23.2 Å². The lowest BCUT2D eigenvalue weighted by atomic mass is 10.0. The van der Waals surface area contributed by atoms with Gasteiger partial charge in [0.15, 0.2) is 0 Å². The lowest BCUT2D eigenvalue weighted by molar-refractivity contribution is 0.315. The molecule has 1 aromatic carbocycles. The van der Waals surface area contributed by atoms with E-state index in [2.05, 4.69) is 49.3 Å². The fourth-order valence-corrected chi connectivity index (χ4v) is 3.22. The van der Waals surface area contributed by atoms with Crippen molar-refractivity contribution in [1.29, 1.82) is 0 Å². The number of phenolic OH excluding ortho intramolecular Hbond substituents is 1. The normalized spacial score (nSPS) is 17.2. The highest BCUT2D eigenvalue weighted by Crippen LogP contribution is 2.32. The van der Waals surface area contributed by atoms with E-state index in [1.165, 1.54) is 0 Å². The molecule has 0 spiro atoms. The van der Waals surface area contributed by atoms with Crippen LogP contribution in [0.4, 0.5) is 5.95 Å². The first kappa shape index (κ1) is 16.5. The van der Waals surface area contributed by atoms with Crippen molar-refractivity contribution in [3.05, 3.63) is 36.8 Å². The summed E-state index contributed by atoms with van der Waals surface area (Å²) in [5.74, 6) is 0.772. The van der Waals surface area contributed by atoms with Crippen LogP contribution in [0.2, 0.25) is 0 Å². The Balaban J connectivity index is 1.54. The van der Waals surface area contributed by atoms with Gasteiger partial charge in [-0.25, -0.2) is 4.98 Å². The number of H-pyrrole nitrogens is 1. The summed E-state index contributed by atoms with van der Waals surface area (Å²) in [7, 11) is 4.18. The number of aromatic hydroxyl groups is 1. The molecule has 0 saturated carbocycles. The standard InChI is InChI=1S/C18H21N7O/c1-24(2)14-5-6-25(11-14)18-19-10-16(22-23-18)15-4-3-12(7-17(15)26)13-8-20-21-9-13/h3-4,7-10,14,26H,5-6,11H2,1-2H3,(H,20,21). The minimum Gasteiger partial charge on any atom is -0.507 e. The number of phenols is 1. The third kappa shape index (κ3) is 3.11. The molecule has 134 valence electrons. The third-order valence-corrected chi connectivity index (χ3v) is 4.83. The molecule has 8 nitrogen and oxygen atoms in total. The van der Waals surface area contributed by atoms with E-state index in [9.17, 15) is 5.11 Å². The Bertz CT molecular complexity index is 877. The van der Waals surface area contributed by atoms with E-state index in [1.807, 2.05) is 12.1 Å². The van der Waals surface area contributed by atoms with Crippen LogP contribution in [0, 0.1) is 0 Å². The van der Waals surface area contributed by atoms with Crippen LogP contribution in [0.15, 0.2) is 36.8 Å². The van der Waals surface area contributed by atoms with E-state index in [1.54, 1.807) is 24.7 Å². The molecule has 2 N–H and O–H groups in total. The highest BCUT2D eigenvalue weighted by Gasteiger charge is 2.26. The molecule has 4 rings (SSSR count). The highest BCUT2D eigenvalue weighted by atomic mass is 16.3. The van der Waals surface area contributed by atoms with Crippen LogP contribution in [0.5, 0.6) is 5.75 Å². The van der Waals surface area contributed by atoms with E-state index in [0.717, 1.165) is 30.6 Å². The van der Waals surface area contributed by atoms with Crippen LogP contribution >= 0.6 is 0 Å². The predicted molar refractivity (Wildman–Crippen MR) is 98.8 cm³/mol. The van der Waals surface area contributed by atoms with E-state index in [4.69, 9.17) is 0 Å². The maximum Gasteiger partial charge on any atom is 0.245 e. The molecule has 1 atom stereocenters. The van der Waals surface area contributed by atoms with Gasteiger partial charge in [0.25, 0.3) is 0 Å². The Morgan fingerprint density at radius 3 is 2.69 bits per heavy atom. The largest absolute Gasteiger partial charge is 0.507 e. The van der Waals surface area contributed by atoms with Gasteiger partial charge in [-0.05, 0) is 38.2 Å². The summed E-state index contributed by atoms with van der Waals surface area (Å²) < 4.78 is 0. The molecule has 1 aliphatic heterocycles. The van der Waals surface area contributed by atoms with Gasteiger partial charge in [0, 0.05) is 36.5 Å². The number of anilines is 1. The maximum atomic E-state index is 10.4. The first-order valence-corrected chi connectivity index (χ1v) is 8.55. The van der Waals surface area contributed by atoms with Gasteiger partial charge in [-0.2, -0.15) is 5.10 Å². The lowest BCUT2D eigenvalue weighted by Crippen LogP contribution is -2.32. The van der Waals surface area contributed by atoms with Crippen molar-refractivity contribution in [2.24, 2.45) is 0 Å². The van der Waals surface area contributed by atoms with Gasteiger partial charge in [0.1, 0.15) is 11.4 Å². The molecule has 1 saturated heterocycles. The summed E-state index contributed by atoms with van der Waals surface area (Å²) in [6.07, 6.45) is 6.25. The van der Waals surface area contributed by atoms with Gasteiger partial charge >= 0.3 is 0 Å². The fraction of sp³-hybridized carbons (Fsp3) is 0.333. The topological polar surface area (TPSA) is 94.1 Å². The molecule has 0 bridgehead atoms. The molecular formula is C18H21N7O. The zero-order valence-electron chi connectivity index (χ0n) is 14.8. The molecule has 1 unspecified atom stereocenters. The average Bonchev–Trinajstić information content (AvgIpc) is 3.34. The minimum absolute atomic E-state index is 0.140. The number of likely N-dealkylation sites (N-methyl/N-ethyl adjacent to an activating group) is 1. The first-order chi connectivity index (χ1) is 12.6. The number of benzene rings is 1. The molecular weight excluding hydrogens is 330 g/mol. The summed E-state index contributed by atoms with van der Waals surface area (Å²) in [4.78, 5) is 8.82. The second kappa shape index (κ2) is 6.72. The Morgan fingerprint density at radius 1 is 1.19 bits per heavy atom. The Labute approximate surface area is 151 Å². The number of hydrogen-bond acceptors (Lipinski definition) is 7. The number of aromatic amines is 1. The van der Waals surface area contributed by atoms with Crippen LogP contribution in [0.25, 0.3) is 22.4 Å². The highest BCUT2D eigenvalue weighted by molar-refractivity contribution is 5.73. The van der Waals surface area contributed by atoms with Crippen molar-refractivity contribution in [2.45, 2.75) is 12.5 Å². The van der Waals surface area contributed by atoms with Crippen LogP contribution in [-0.4, -0.2) is 68.6 Å². The van der Waals surface area contributed by atoms with Crippen molar-refractivity contribution in [3.8, 4) is 28.1 Å². The molecule has 0 aliphatic carbocycles. The summed E-state index contributed by atoms with van der Waals surface area (Å²) in [6.45, 7) is 1.83. The minimum atomic E-state index is 0.140. The maximum absolute atomic E-state index is 10.4. The van der Waals surface area contributed by atoms with Crippen LogP contribution in [0.3, 0.4) is 0 Å². The van der Waals surface area contributed by atoms with Crippen LogP contribution < -0.4 is 4.90 Å². The second-order valence-electron chi connectivity index (χ2n) is 6.71. The number of nitrogens with one attached hydrogen (secondary N) is 1. The van der Waals surface area contributed by atoms with Crippen molar-refractivity contribution < 1.29 is 5.11 Å². The molecule has 1 aliphatic rings. The van der Waals surface area contributed by atoms with Gasteiger partial charge in [0.2, 0.25) is 5.95 Å². The van der Waals surface area contributed by atoms with Gasteiger partial charge in [0.05, 0.1) is 12.4 Å². The Kier molecular flexibility index (Phi) is 4.26. The summed E-state index contributed by atoms with van der Waals surface area (Å²) in [6, 6.07) is 5.94. The molecule has 8 heteroatoms. The van der Waals surface area contributed by atoms with Crippen molar-refractivity contribution in [1.82, 2.24) is 30.3 Å². The number of nitrogens with zero attached hydrogens (tertiary/aromatic N) is 6. The molecule has 3 heterocycles. The summed E-state index contributed by atoms with van der Waals surface area (Å²) >= 11 is 0. The number of hydrogen-bond donors (Lipinski definition) is 2. The lowest BCUT2D eigenvalue weighted by Gasteiger charge is -2.20. The van der Waals surface area contributed by atoms with Gasteiger partial charge < -0.3 is 14.9 Å². The first-order valence-electron chi connectivity index (χ1n) is 8.55. The van der Waals surface area contributed by atoms with Gasteiger partial charge in [-0.3, -0.25) is 5.10 Å². The molecule has 3 aromatic rings. The third-order valence-electron chi connectivity index (χ3n) is 4.83. The monoisotopic (exact) mass is 351 g/mol. The van der Waals surface area contributed by atoms with Gasteiger partial charge in [-0.1, -0.05) is 6.07 Å². The zero-order chi connectivity index (χ0) is 18.1. The molecule has 1 fully saturated rings. The van der Waals surface area contributed by atoms with Crippen LogP contribution in [-0.2, 0) is 0 Å². The Hall–Kier alpha value is -3.00. The summed E-state index contributed by atoms with van der Waals surface area (Å²) in [5, 5.41) is 25.6. The zero-order valence-corrected chi connectivity index (χ0v) is 14.8. The van der Waals surface area contributed by atoms with Crippen molar-refractivity contribution in [2.75, 3.05) is 32.1 Å².